The van der Waals surface area contributed by atoms with E-state index in [1.165, 1.54) is 0 Å². The van der Waals surface area contributed by atoms with Gasteiger partial charge in [0.1, 0.15) is 6.33 Å². The van der Waals surface area contributed by atoms with E-state index < -0.39 is 0 Å². The predicted octanol–water partition coefficient (Wildman–Crippen LogP) is -0.765. The van der Waals surface area contributed by atoms with Gasteiger partial charge in [0.2, 0.25) is 0 Å². The van der Waals surface area contributed by atoms with Crippen LogP contribution >= 0.6 is 0 Å². The van der Waals surface area contributed by atoms with Crippen LogP contribution in [-0.4, -0.2) is 19.6 Å². The fourth-order valence-electron chi connectivity index (χ4n) is 2.23. The molecular weight excluding hydrogens is 219 g/mol. The van der Waals surface area contributed by atoms with Gasteiger partial charge in [-0.1, -0.05) is 10.8 Å². The van der Waals surface area contributed by atoms with Gasteiger partial charge in [0.25, 0.3) is 0 Å². The fraction of sp³-hybridized carbons (Fsp3) is 0. The zero-order valence-electron chi connectivity index (χ0n) is 9.83. The van der Waals surface area contributed by atoms with Gasteiger partial charge in [0.05, 0.1) is 11.2 Å². The topological polar surface area (TPSA) is 43.1 Å². The fourth-order valence-corrected chi connectivity index (χ4v) is 2.23. The van der Waals surface area contributed by atoms with E-state index in [1.54, 1.807) is 12.5 Å². The second-order valence-corrected chi connectivity index (χ2v) is 3.88. The normalized spacial score (nSPS) is 10.9. The van der Waals surface area contributed by atoms with Crippen molar-refractivity contribution < 1.29 is 18.9 Å². The second-order valence-electron chi connectivity index (χ2n) is 3.88. The van der Waals surface area contributed by atoms with Crippen LogP contribution in [0.5, 0.6) is 0 Å². The number of benzene rings is 1. The number of hydrogen-bond donors (Lipinski definition) is 0. The Balaban J connectivity index is 0.000001000. The monoisotopic (exact) mass is 226 g/mol. The van der Waals surface area contributed by atoms with E-state index in [0.29, 0.717) is 0 Å². The third kappa shape index (κ3) is 1.37. The molecule has 80 valence electrons. The molecular formula is C13H7LiN4. The molecule has 0 bridgehead atoms. The van der Waals surface area contributed by atoms with Gasteiger partial charge in [0, 0.05) is 12.4 Å². The van der Waals surface area contributed by atoms with E-state index in [1.807, 2.05) is 28.8 Å². The van der Waals surface area contributed by atoms with Crippen molar-refractivity contribution in [2.45, 2.75) is 0 Å². The summed E-state index contributed by atoms with van der Waals surface area (Å²) in [6, 6.07) is 11.2. The molecule has 0 aliphatic rings. The van der Waals surface area contributed by atoms with E-state index >= 15 is 0 Å². The third-order valence-electron chi connectivity index (χ3n) is 2.98. The first-order valence-electron chi connectivity index (χ1n) is 5.31. The van der Waals surface area contributed by atoms with E-state index in [-0.39, 0.29) is 18.9 Å². The molecule has 4 aromatic rings. The summed E-state index contributed by atoms with van der Waals surface area (Å²) in [5, 5.41) is 11.4. The number of rotatable bonds is 0. The third-order valence-corrected chi connectivity index (χ3v) is 2.98. The molecule has 0 aliphatic heterocycles. The Bertz CT molecular complexity index is 783. The number of fused-ring (bicyclic) bond motifs is 6. The van der Waals surface area contributed by atoms with E-state index in [0.717, 1.165) is 27.3 Å². The second kappa shape index (κ2) is 4.09. The van der Waals surface area contributed by atoms with Crippen LogP contribution in [0, 0.1) is 6.07 Å². The van der Waals surface area contributed by atoms with Crippen LogP contribution in [0.2, 0.25) is 0 Å². The van der Waals surface area contributed by atoms with Crippen molar-refractivity contribution in [3.05, 3.63) is 49.1 Å². The molecule has 0 saturated heterocycles. The maximum Gasteiger partial charge on any atom is 1.00 e. The van der Waals surface area contributed by atoms with Gasteiger partial charge in [-0.2, -0.15) is 5.10 Å². The first kappa shape index (κ1) is 11.2. The van der Waals surface area contributed by atoms with E-state index in [4.69, 9.17) is 0 Å². The van der Waals surface area contributed by atoms with Crippen molar-refractivity contribution in [2.75, 3.05) is 0 Å². The van der Waals surface area contributed by atoms with Crippen molar-refractivity contribution in [1.29, 1.82) is 0 Å². The van der Waals surface area contributed by atoms with Crippen molar-refractivity contribution >= 4 is 27.3 Å². The van der Waals surface area contributed by atoms with Crippen LogP contribution < -0.4 is 18.9 Å². The zero-order chi connectivity index (χ0) is 11.2. The van der Waals surface area contributed by atoms with Crippen molar-refractivity contribution in [3.63, 3.8) is 0 Å². The van der Waals surface area contributed by atoms with Gasteiger partial charge in [-0.3, -0.25) is 4.98 Å². The Labute approximate surface area is 115 Å². The summed E-state index contributed by atoms with van der Waals surface area (Å²) in [6.45, 7) is 0. The predicted molar refractivity (Wildman–Crippen MR) is 64.6 cm³/mol. The molecule has 4 rings (SSSR count). The summed E-state index contributed by atoms with van der Waals surface area (Å²) in [5.74, 6) is 0. The van der Waals surface area contributed by atoms with Crippen molar-refractivity contribution in [2.24, 2.45) is 0 Å². The maximum atomic E-state index is 4.16. The molecule has 0 saturated carbocycles. The maximum absolute atomic E-state index is 4.16. The minimum atomic E-state index is 0. The summed E-state index contributed by atoms with van der Waals surface area (Å²) >= 11 is 0. The molecule has 0 unspecified atom stereocenters. The molecule has 0 radical (unpaired) electrons. The Kier molecular flexibility index (Phi) is 2.55. The largest absolute Gasteiger partial charge is 1.00 e. The van der Waals surface area contributed by atoms with Gasteiger partial charge in [-0.25, -0.2) is 0 Å². The van der Waals surface area contributed by atoms with Crippen molar-refractivity contribution in [3.8, 4) is 0 Å². The van der Waals surface area contributed by atoms with Gasteiger partial charge < -0.3 is 4.40 Å². The van der Waals surface area contributed by atoms with E-state index in [9.17, 15) is 0 Å². The molecule has 4 nitrogen and oxygen atoms in total. The first-order valence-corrected chi connectivity index (χ1v) is 5.31. The number of aromatic nitrogens is 4. The summed E-state index contributed by atoms with van der Waals surface area (Å²) in [4.78, 5) is 4.16. The van der Waals surface area contributed by atoms with Crippen LogP contribution in [0.15, 0.2) is 43.0 Å². The Hall–Kier alpha value is -1.89. The summed E-state index contributed by atoms with van der Waals surface area (Å²) in [5.41, 5.74) is 1.83. The Morgan fingerprint density at radius 2 is 2.11 bits per heavy atom. The van der Waals surface area contributed by atoms with Gasteiger partial charge in [0.15, 0.2) is 0 Å². The first-order chi connectivity index (χ1) is 8.45. The van der Waals surface area contributed by atoms with Gasteiger partial charge >= 0.3 is 18.9 Å². The average molecular weight is 226 g/mol. The van der Waals surface area contributed by atoms with Gasteiger partial charge in [-0.15, -0.1) is 29.4 Å². The van der Waals surface area contributed by atoms with Crippen LogP contribution in [0.3, 0.4) is 0 Å². The van der Waals surface area contributed by atoms with Gasteiger partial charge in [-0.05, 0) is 11.5 Å². The standard InChI is InChI=1S/C13H7N4.Li/c1-2-4-11-9(3-1)10-5-6-14-7-12(10)17-8-15-16-13(11)17;/h1-3,5-8H;/q-1;+1. The van der Waals surface area contributed by atoms with Crippen LogP contribution in [-0.2, 0) is 0 Å². The molecule has 18 heavy (non-hydrogen) atoms. The van der Waals surface area contributed by atoms with Crippen molar-refractivity contribution in [1.82, 2.24) is 19.6 Å². The number of hydrogen-bond acceptors (Lipinski definition) is 3. The van der Waals surface area contributed by atoms with Crippen LogP contribution in [0.1, 0.15) is 0 Å². The smallest absolute Gasteiger partial charge is 0.321 e. The minimum absolute atomic E-state index is 0. The molecule has 3 heterocycles. The average Bonchev–Trinajstić information content (AvgIpc) is 2.89. The molecule has 0 amide bonds. The molecule has 0 fully saturated rings. The zero-order valence-corrected chi connectivity index (χ0v) is 9.83. The van der Waals surface area contributed by atoms with Crippen LogP contribution in [0.4, 0.5) is 0 Å². The number of pyridine rings is 2. The number of nitrogens with zero attached hydrogens (tertiary/aromatic N) is 4. The molecule has 1 aromatic carbocycles. The Morgan fingerprint density at radius 3 is 3.06 bits per heavy atom. The molecule has 0 atom stereocenters. The van der Waals surface area contributed by atoms with E-state index in [2.05, 4.69) is 27.3 Å². The molecule has 5 heteroatoms. The Morgan fingerprint density at radius 1 is 1.17 bits per heavy atom. The molecule has 0 spiro atoms. The summed E-state index contributed by atoms with van der Waals surface area (Å²) in [7, 11) is 0. The SMILES string of the molecule is [Li+].[c-]1cccc2c1c1nncn1c1cnccc21. The molecule has 3 aromatic heterocycles. The van der Waals surface area contributed by atoms with Crippen LogP contribution in [0.25, 0.3) is 27.3 Å². The minimum Gasteiger partial charge on any atom is -0.321 e. The quantitative estimate of drug-likeness (QED) is 0.225. The molecule has 0 N–H and O–H groups in total. The summed E-state index contributed by atoms with van der Waals surface area (Å²) < 4.78 is 1.95. The summed E-state index contributed by atoms with van der Waals surface area (Å²) in [6.07, 6.45) is 5.34. The molecule has 0 aliphatic carbocycles.